The molecular formula is C33H27ClFNO6S. The molecule has 1 amide bonds. The normalized spacial score (nSPS) is 11.5. The van der Waals surface area contributed by atoms with Crippen molar-refractivity contribution < 1.29 is 31.9 Å². The number of fused-ring (bicyclic) bond motifs is 1. The second-order valence-electron chi connectivity index (χ2n) is 10.1. The molecule has 0 aliphatic carbocycles. The van der Waals surface area contributed by atoms with Gasteiger partial charge in [-0.25, -0.2) is 12.8 Å². The molecule has 220 valence electrons. The van der Waals surface area contributed by atoms with E-state index in [-0.39, 0.29) is 29.7 Å². The Kier molecular flexibility index (Phi) is 8.66. The van der Waals surface area contributed by atoms with Crippen molar-refractivity contribution in [1.82, 2.24) is 4.90 Å². The van der Waals surface area contributed by atoms with Gasteiger partial charge in [-0.15, -0.1) is 0 Å². The van der Waals surface area contributed by atoms with Gasteiger partial charge in [0.05, 0.1) is 17.0 Å². The molecule has 0 atom stereocenters. The van der Waals surface area contributed by atoms with Gasteiger partial charge in [-0.3, -0.25) is 9.59 Å². The maximum atomic E-state index is 14.1. The largest absolute Gasteiger partial charge is 0.480 e. The summed E-state index contributed by atoms with van der Waals surface area (Å²) in [6.45, 7) is 1.29. The van der Waals surface area contributed by atoms with Gasteiger partial charge in [0, 0.05) is 11.6 Å². The average molecular weight is 620 g/mol. The van der Waals surface area contributed by atoms with E-state index < -0.39 is 28.2 Å². The number of aryl methyl sites for hydroxylation is 1. The molecule has 0 saturated heterocycles. The molecule has 7 nitrogen and oxygen atoms in total. The van der Waals surface area contributed by atoms with Crippen molar-refractivity contribution in [2.45, 2.75) is 31.6 Å². The monoisotopic (exact) mass is 619 g/mol. The smallest absolute Gasteiger partial charge is 0.319 e. The number of alkyl halides is 1. The van der Waals surface area contributed by atoms with Crippen molar-refractivity contribution in [3.8, 4) is 11.1 Å². The number of hydrogen-bond acceptors (Lipinski definition) is 5. The number of carboxylic acids is 1. The number of nitrogens with zero attached hydrogens (tertiary/aromatic N) is 1. The van der Waals surface area contributed by atoms with E-state index in [1.165, 1.54) is 24.3 Å². The lowest BCUT2D eigenvalue weighted by Gasteiger charge is -2.24. The average Bonchev–Trinajstić information content (AvgIpc) is 3.44. The van der Waals surface area contributed by atoms with E-state index in [0.29, 0.717) is 33.0 Å². The minimum absolute atomic E-state index is 0.0725. The van der Waals surface area contributed by atoms with E-state index >= 15 is 0 Å². The summed E-state index contributed by atoms with van der Waals surface area (Å²) < 4.78 is 43.7. The first kappa shape index (κ1) is 30.0. The van der Waals surface area contributed by atoms with Crippen LogP contribution in [-0.4, -0.2) is 36.1 Å². The molecular weight excluding hydrogens is 593 g/mol. The van der Waals surface area contributed by atoms with Gasteiger partial charge in [0.25, 0.3) is 5.91 Å². The number of carbonyl (C=O) groups is 2. The van der Waals surface area contributed by atoms with Crippen molar-refractivity contribution >= 4 is 44.1 Å². The van der Waals surface area contributed by atoms with E-state index in [1.807, 2.05) is 43.3 Å². The van der Waals surface area contributed by atoms with Crippen LogP contribution in [0, 0.1) is 6.92 Å². The highest BCUT2D eigenvalue weighted by Gasteiger charge is 2.24. The van der Waals surface area contributed by atoms with Gasteiger partial charge in [0.15, 0.2) is 15.6 Å². The number of rotatable bonds is 10. The maximum Gasteiger partial charge on any atom is 0.319 e. The van der Waals surface area contributed by atoms with E-state index in [4.69, 9.17) is 21.1 Å². The predicted octanol–water partition coefficient (Wildman–Crippen LogP) is 7.23. The van der Waals surface area contributed by atoms with Gasteiger partial charge in [-0.05, 0) is 70.3 Å². The summed E-state index contributed by atoms with van der Waals surface area (Å²) in [6.07, 6.45) is 0. The first-order valence-corrected chi connectivity index (χ1v) is 15.3. The van der Waals surface area contributed by atoms with Crippen LogP contribution in [-0.2, 0) is 34.4 Å². The highest BCUT2D eigenvalue weighted by molar-refractivity contribution is 7.92. The lowest BCUT2D eigenvalue weighted by atomic mass is 9.98. The van der Waals surface area contributed by atoms with Gasteiger partial charge in [0.2, 0.25) is 0 Å². The maximum absolute atomic E-state index is 14.1. The van der Waals surface area contributed by atoms with Crippen molar-refractivity contribution in [2.24, 2.45) is 0 Å². The minimum Gasteiger partial charge on any atom is -0.480 e. The molecule has 43 heavy (non-hydrogen) atoms. The zero-order chi connectivity index (χ0) is 30.7. The molecule has 0 saturated carbocycles. The first-order chi connectivity index (χ1) is 20.6. The van der Waals surface area contributed by atoms with Gasteiger partial charge in [0.1, 0.15) is 18.2 Å². The third kappa shape index (κ3) is 6.63. The Labute approximate surface area is 253 Å². The van der Waals surface area contributed by atoms with Crippen molar-refractivity contribution in [3.63, 3.8) is 0 Å². The van der Waals surface area contributed by atoms with E-state index in [1.54, 1.807) is 35.2 Å². The molecule has 0 aliphatic heterocycles. The molecule has 1 heterocycles. The summed E-state index contributed by atoms with van der Waals surface area (Å²) in [5.41, 5.74) is 3.12. The fraction of sp³-hybridized carbons (Fsp3) is 0.152. The van der Waals surface area contributed by atoms with Crippen LogP contribution < -0.4 is 0 Å². The van der Waals surface area contributed by atoms with Crippen molar-refractivity contribution in [2.75, 3.05) is 5.75 Å². The molecule has 0 bridgehead atoms. The Bertz CT molecular complexity index is 1950. The molecule has 0 unspecified atom stereocenters. The lowest BCUT2D eigenvalue weighted by molar-refractivity contribution is -0.134. The fourth-order valence-corrected chi connectivity index (χ4v) is 6.29. The SMILES string of the molecule is Cc1ccc2ccccc2c1C(=O)N(Cc1ccc(CF)o1)Cc1ccc(-c2cccc(S(=O)(=O)CC(=O)O)c2)cc1Cl. The second-order valence-corrected chi connectivity index (χ2v) is 12.5. The topological polar surface area (TPSA) is 105 Å². The third-order valence-electron chi connectivity index (χ3n) is 7.09. The highest BCUT2D eigenvalue weighted by atomic mass is 35.5. The number of sulfone groups is 1. The van der Waals surface area contributed by atoms with E-state index in [0.717, 1.165) is 16.3 Å². The number of amides is 1. The number of furan rings is 1. The van der Waals surface area contributed by atoms with Gasteiger partial charge < -0.3 is 14.4 Å². The first-order valence-electron chi connectivity index (χ1n) is 13.3. The molecule has 1 N–H and O–H groups in total. The van der Waals surface area contributed by atoms with Crippen LogP contribution in [0.4, 0.5) is 4.39 Å². The summed E-state index contributed by atoms with van der Waals surface area (Å²) in [6, 6.07) is 25.8. The molecule has 0 aliphatic rings. The fourth-order valence-electron chi connectivity index (χ4n) is 4.97. The van der Waals surface area contributed by atoms with Gasteiger partial charge in [-0.1, -0.05) is 72.3 Å². The molecule has 10 heteroatoms. The Hall–Kier alpha value is -4.47. The molecule has 5 rings (SSSR count). The molecule has 5 aromatic rings. The van der Waals surface area contributed by atoms with Crippen LogP contribution in [0.3, 0.4) is 0 Å². The number of carboxylic acid groups (broad SMARTS) is 1. The molecule has 1 aromatic heterocycles. The van der Waals surface area contributed by atoms with Crippen molar-refractivity contribution in [1.29, 1.82) is 0 Å². The summed E-state index contributed by atoms with van der Waals surface area (Å²) in [5.74, 6) is -2.11. The van der Waals surface area contributed by atoms with Crippen LogP contribution in [0.2, 0.25) is 5.02 Å². The van der Waals surface area contributed by atoms with Crippen LogP contribution in [0.5, 0.6) is 0 Å². The Morgan fingerprint density at radius 3 is 2.35 bits per heavy atom. The zero-order valence-corrected chi connectivity index (χ0v) is 24.7. The number of halogens is 2. The van der Waals surface area contributed by atoms with Crippen LogP contribution in [0.25, 0.3) is 21.9 Å². The Morgan fingerprint density at radius 2 is 1.63 bits per heavy atom. The van der Waals surface area contributed by atoms with Crippen LogP contribution in [0.1, 0.15) is 33.0 Å². The van der Waals surface area contributed by atoms with Gasteiger partial charge in [-0.2, -0.15) is 0 Å². The van der Waals surface area contributed by atoms with E-state index in [2.05, 4.69) is 0 Å². The number of carbonyl (C=O) groups excluding carboxylic acids is 1. The predicted molar refractivity (Wildman–Crippen MR) is 162 cm³/mol. The number of benzene rings is 4. The molecule has 0 radical (unpaired) electrons. The summed E-state index contributed by atoms with van der Waals surface area (Å²) >= 11 is 6.72. The summed E-state index contributed by atoms with van der Waals surface area (Å²) in [7, 11) is -4.02. The van der Waals surface area contributed by atoms with Gasteiger partial charge >= 0.3 is 5.97 Å². The highest BCUT2D eigenvalue weighted by Crippen LogP contribution is 2.30. The molecule has 0 spiro atoms. The Balaban J connectivity index is 1.49. The van der Waals surface area contributed by atoms with Crippen molar-refractivity contribution in [3.05, 3.63) is 124 Å². The Morgan fingerprint density at radius 1 is 0.884 bits per heavy atom. The summed E-state index contributed by atoms with van der Waals surface area (Å²) in [4.78, 5) is 26.6. The molecule has 0 fully saturated rings. The second kappa shape index (κ2) is 12.4. The lowest BCUT2D eigenvalue weighted by Crippen LogP contribution is -2.31. The van der Waals surface area contributed by atoms with Crippen LogP contribution in [0.15, 0.2) is 100 Å². The minimum atomic E-state index is -4.02. The number of hydrogen-bond donors (Lipinski definition) is 1. The summed E-state index contributed by atoms with van der Waals surface area (Å²) in [5, 5.41) is 11.0. The van der Waals surface area contributed by atoms with E-state index in [9.17, 15) is 22.4 Å². The number of aliphatic carboxylic acids is 1. The van der Waals surface area contributed by atoms with Crippen LogP contribution >= 0.6 is 11.6 Å². The molecule has 4 aromatic carbocycles. The quantitative estimate of drug-likeness (QED) is 0.177. The standard InChI is InChI=1S/C33H27ClFNO6S/c1-21-9-10-22-5-2-3-8-29(22)32(21)33(39)36(19-27-14-13-26(17-35)42-27)18-25-12-11-24(16-30(25)34)23-6-4-7-28(15-23)43(40,41)20-31(37)38/h2-16H,17-20H2,1H3,(H,37,38). The third-order valence-corrected chi connectivity index (χ3v) is 9.04. The zero-order valence-electron chi connectivity index (χ0n) is 23.1.